The van der Waals surface area contributed by atoms with E-state index in [1.807, 2.05) is 0 Å². The lowest BCUT2D eigenvalue weighted by Crippen LogP contribution is -2.31. The third kappa shape index (κ3) is 4.80. The fourth-order valence-electron chi connectivity index (χ4n) is 1.48. The van der Waals surface area contributed by atoms with Gasteiger partial charge in [0.1, 0.15) is 4.99 Å². The smallest absolute Gasteiger partial charge is 0.240 e. The normalized spacial score (nSPS) is 12.3. The lowest BCUT2D eigenvalue weighted by atomic mass is 10.1. The van der Waals surface area contributed by atoms with Crippen molar-refractivity contribution in [3.05, 3.63) is 29.3 Å². The SMILES string of the molecule is Cc1cc(S(=O)(=O)NCCS(N)(=O)=O)ccc1C(N)=S. The van der Waals surface area contributed by atoms with Crippen LogP contribution in [-0.2, 0) is 20.0 Å². The minimum Gasteiger partial charge on any atom is -0.389 e. The standard InChI is InChI=1S/C10H15N3O4S3/c1-7-6-8(2-3-9(7)10(11)18)20(16,17)13-4-5-19(12,14)15/h2-3,6,13H,4-5H2,1H3,(H2,11,18)(H2,12,14,15). The quantitative estimate of drug-likeness (QED) is 0.582. The summed E-state index contributed by atoms with van der Waals surface area (Å²) in [5.74, 6) is -0.476. The van der Waals surface area contributed by atoms with Crippen LogP contribution in [0.1, 0.15) is 11.1 Å². The predicted octanol–water partition coefficient (Wildman–Crippen LogP) is -0.804. The number of benzene rings is 1. The second kappa shape index (κ2) is 6.14. The summed E-state index contributed by atoms with van der Waals surface area (Å²) in [5.41, 5.74) is 6.69. The first kappa shape index (κ1) is 17.0. The highest BCUT2D eigenvalue weighted by Gasteiger charge is 2.16. The van der Waals surface area contributed by atoms with Gasteiger partial charge in [-0.1, -0.05) is 18.3 Å². The molecule has 0 aromatic heterocycles. The van der Waals surface area contributed by atoms with Crippen molar-refractivity contribution in [3.63, 3.8) is 0 Å². The summed E-state index contributed by atoms with van der Waals surface area (Å²) in [5, 5.41) is 4.79. The molecule has 0 unspecified atom stereocenters. The van der Waals surface area contributed by atoms with Gasteiger partial charge in [0.25, 0.3) is 0 Å². The zero-order valence-electron chi connectivity index (χ0n) is 10.7. The fraction of sp³-hybridized carbons (Fsp3) is 0.300. The topological polar surface area (TPSA) is 132 Å². The molecule has 0 aliphatic carbocycles. The summed E-state index contributed by atoms with van der Waals surface area (Å²) in [4.78, 5) is 0.179. The van der Waals surface area contributed by atoms with Crippen LogP contribution >= 0.6 is 12.2 Å². The number of nitrogens with two attached hydrogens (primary N) is 2. The number of hydrogen-bond donors (Lipinski definition) is 3. The molecule has 0 heterocycles. The molecule has 10 heteroatoms. The van der Waals surface area contributed by atoms with Crippen molar-refractivity contribution in [1.82, 2.24) is 4.72 Å². The van der Waals surface area contributed by atoms with E-state index in [9.17, 15) is 16.8 Å². The van der Waals surface area contributed by atoms with Crippen molar-refractivity contribution in [1.29, 1.82) is 0 Å². The molecule has 0 saturated carbocycles. The van der Waals surface area contributed by atoms with Gasteiger partial charge >= 0.3 is 0 Å². The summed E-state index contributed by atoms with van der Waals surface area (Å²) in [6.45, 7) is 1.38. The highest BCUT2D eigenvalue weighted by molar-refractivity contribution is 7.90. The summed E-state index contributed by atoms with van der Waals surface area (Å²) >= 11 is 4.83. The van der Waals surface area contributed by atoms with Crippen molar-refractivity contribution >= 4 is 37.3 Å². The van der Waals surface area contributed by atoms with Gasteiger partial charge in [-0.05, 0) is 24.6 Å². The Morgan fingerprint density at radius 2 is 1.90 bits per heavy atom. The molecule has 20 heavy (non-hydrogen) atoms. The molecule has 112 valence electrons. The van der Waals surface area contributed by atoms with E-state index in [-0.39, 0.29) is 16.4 Å². The minimum atomic E-state index is -3.80. The van der Waals surface area contributed by atoms with Gasteiger partial charge in [0.2, 0.25) is 20.0 Å². The molecular formula is C10H15N3O4S3. The molecule has 0 amide bonds. The van der Waals surface area contributed by atoms with E-state index < -0.39 is 25.8 Å². The van der Waals surface area contributed by atoms with Gasteiger partial charge in [0.15, 0.2) is 0 Å². The number of hydrogen-bond acceptors (Lipinski definition) is 5. The summed E-state index contributed by atoms with van der Waals surface area (Å²) < 4.78 is 47.5. The lowest BCUT2D eigenvalue weighted by Gasteiger charge is -2.09. The van der Waals surface area contributed by atoms with E-state index in [2.05, 4.69) is 4.72 Å². The Bertz CT molecular complexity index is 726. The van der Waals surface area contributed by atoms with Crippen LogP contribution in [0.3, 0.4) is 0 Å². The molecular weight excluding hydrogens is 322 g/mol. The van der Waals surface area contributed by atoms with E-state index in [1.54, 1.807) is 6.92 Å². The fourth-order valence-corrected chi connectivity index (χ4v) is 3.34. The first-order chi connectivity index (χ1) is 9.03. The Kier molecular flexibility index (Phi) is 5.21. The largest absolute Gasteiger partial charge is 0.389 e. The van der Waals surface area contributed by atoms with E-state index in [4.69, 9.17) is 23.1 Å². The Morgan fingerprint density at radius 1 is 1.30 bits per heavy atom. The van der Waals surface area contributed by atoms with Crippen molar-refractivity contribution in [2.24, 2.45) is 10.9 Å². The maximum Gasteiger partial charge on any atom is 0.240 e. The van der Waals surface area contributed by atoms with Gasteiger partial charge in [0, 0.05) is 12.1 Å². The van der Waals surface area contributed by atoms with Gasteiger partial charge in [-0.2, -0.15) is 0 Å². The van der Waals surface area contributed by atoms with Crippen molar-refractivity contribution in [2.75, 3.05) is 12.3 Å². The monoisotopic (exact) mass is 337 g/mol. The molecule has 0 bridgehead atoms. The van der Waals surface area contributed by atoms with Crippen LogP contribution in [0.15, 0.2) is 23.1 Å². The number of sulfonamides is 2. The predicted molar refractivity (Wildman–Crippen MR) is 80.2 cm³/mol. The second-order valence-electron chi connectivity index (χ2n) is 4.11. The maximum atomic E-state index is 11.9. The van der Waals surface area contributed by atoms with E-state index in [1.165, 1.54) is 18.2 Å². The molecule has 1 aromatic rings. The van der Waals surface area contributed by atoms with Crippen molar-refractivity contribution in [3.8, 4) is 0 Å². The molecule has 0 fully saturated rings. The van der Waals surface area contributed by atoms with Crippen LogP contribution in [0.2, 0.25) is 0 Å². The van der Waals surface area contributed by atoms with E-state index >= 15 is 0 Å². The molecule has 0 saturated heterocycles. The Hall–Kier alpha value is -1.07. The molecule has 0 atom stereocenters. The average Bonchev–Trinajstić information content (AvgIpc) is 2.26. The van der Waals surface area contributed by atoms with Gasteiger partial charge in [-0.15, -0.1) is 0 Å². The van der Waals surface area contributed by atoms with Gasteiger partial charge in [-0.25, -0.2) is 26.7 Å². The average molecular weight is 337 g/mol. The first-order valence-corrected chi connectivity index (χ1v) is 9.04. The molecule has 0 spiro atoms. The summed E-state index contributed by atoms with van der Waals surface area (Å²) in [6.07, 6.45) is 0. The molecule has 1 rings (SSSR count). The molecule has 0 aliphatic heterocycles. The van der Waals surface area contributed by atoms with Crippen LogP contribution in [0.4, 0.5) is 0 Å². The third-order valence-corrected chi connectivity index (χ3v) is 4.90. The van der Waals surface area contributed by atoms with Crippen LogP contribution in [0.25, 0.3) is 0 Å². The summed E-state index contributed by atoms with van der Waals surface area (Å²) in [7, 11) is -7.52. The minimum absolute atomic E-state index is 0.00409. The van der Waals surface area contributed by atoms with Gasteiger partial charge in [0.05, 0.1) is 10.6 Å². The van der Waals surface area contributed by atoms with Gasteiger partial charge < -0.3 is 5.73 Å². The second-order valence-corrected chi connectivity index (χ2v) is 8.05. The van der Waals surface area contributed by atoms with E-state index in [0.29, 0.717) is 11.1 Å². The van der Waals surface area contributed by atoms with Crippen LogP contribution in [0, 0.1) is 6.92 Å². The molecule has 0 radical (unpaired) electrons. The van der Waals surface area contributed by atoms with E-state index in [0.717, 1.165) is 0 Å². The zero-order chi connectivity index (χ0) is 15.6. The zero-order valence-corrected chi connectivity index (χ0v) is 13.1. The van der Waals surface area contributed by atoms with Crippen LogP contribution < -0.4 is 15.6 Å². The van der Waals surface area contributed by atoms with Crippen LogP contribution in [-0.4, -0.2) is 34.1 Å². The number of nitrogens with one attached hydrogen (secondary N) is 1. The molecule has 1 aromatic carbocycles. The molecule has 7 nitrogen and oxygen atoms in total. The van der Waals surface area contributed by atoms with Crippen molar-refractivity contribution < 1.29 is 16.8 Å². The lowest BCUT2D eigenvalue weighted by molar-refractivity contribution is 0.581. The highest BCUT2D eigenvalue weighted by Crippen LogP contribution is 2.15. The number of aryl methyl sites for hydroxylation is 1. The molecule has 5 N–H and O–H groups in total. The summed E-state index contributed by atoms with van der Waals surface area (Å²) in [6, 6.07) is 4.26. The Balaban J connectivity index is 2.94. The Morgan fingerprint density at radius 3 is 2.35 bits per heavy atom. The maximum absolute atomic E-state index is 11.9. The first-order valence-electron chi connectivity index (χ1n) is 5.43. The number of rotatable bonds is 6. The highest BCUT2D eigenvalue weighted by atomic mass is 32.2. The Labute approximate surface area is 123 Å². The van der Waals surface area contributed by atoms with Crippen LogP contribution in [0.5, 0.6) is 0 Å². The number of thiocarbonyl (C=S) groups is 1. The molecule has 0 aliphatic rings. The number of primary sulfonamides is 1. The van der Waals surface area contributed by atoms with Crippen molar-refractivity contribution in [2.45, 2.75) is 11.8 Å². The third-order valence-electron chi connectivity index (χ3n) is 2.45. The van der Waals surface area contributed by atoms with Gasteiger partial charge in [-0.3, -0.25) is 0 Å².